The molecule has 1 rings (SSSR count). The summed E-state index contributed by atoms with van der Waals surface area (Å²) in [7, 11) is 0. The molecule has 0 atom stereocenters. The molecule has 1 N–H and O–H groups in total. The third-order valence-corrected chi connectivity index (χ3v) is 2.16. The predicted molar refractivity (Wildman–Crippen MR) is 54.4 cm³/mol. The third kappa shape index (κ3) is 3.44. The Hall–Kier alpha value is -0.640. The number of alkyl halides is 4. The summed E-state index contributed by atoms with van der Waals surface area (Å²) in [5.41, 5.74) is -0.627. The SMILES string of the molecule is OCc1cc(I)nc(CF)c1OC(F)(F)F. The number of aromatic nitrogens is 1. The van der Waals surface area contributed by atoms with Gasteiger partial charge in [0.1, 0.15) is 16.1 Å². The lowest BCUT2D eigenvalue weighted by atomic mass is 10.2. The third-order valence-electron chi connectivity index (χ3n) is 1.60. The largest absolute Gasteiger partial charge is 0.573 e. The molecule has 0 aliphatic carbocycles. The van der Waals surface area contributed by atoms with Crippen molar-refractivity contribution in [1.82, 2.24) is 4.98 Å². The number of aliphatic hydroxyl groups is 1. The summed E-state index contributed by atoms with van der Waals surface area (Å²) in [6, 6.07) is 1.20. The van der Waals surface area contributed by atoms with Crippen molar-refractivity contribution in [3.63, 3.8) is 0 Å². The first-order valence-corrected chi connectivity index (χ1v) is 5.06. The number of hydrogen-bond acceptors (Lipinski definition) is 3. The molecule has 0 amide bonds. The Morgan fingerprint density at radius 1 is 1.44 bits per heavy atom. The van der Waals surface area contributed by atoms with Gasteiger partial charge in [-0.25, -0.2) is 9.37 Å². The summed E-state index contributed by atoms with van der Waals surface area (Å²) >= 11 is 1.71. The monoisotopic (exact) mass is 351 g/mol. The van der Waals surface area contributed by atoms with Crippen LogP contribution in [-0.2, 0) is 13.3 Å². The first kappa shape index (κ1) is 13.4. The molecule has 0 radical (unpaired) electrons. The van der Waals surface area contributed by atoms with Gasteiger partial charge in [0, 0.05) is 5.56 Å². The molecule has 1 aromatic rings. The minimum absolute atomic E-state index is 0.149. The van der Waals surface area contributed by atoms with E-state index >= 15 is 0 Å². The zero-order valence-electron chi connectivity index (χ0n) is 7.68. The molecule has 0 saturated heterocycles. The van der Waals surface area contributed by atoms with Crippen molar-refractivity contribution >= 4 is 22.6 Å². The Labute approximate surface area is 102 Å². The summed E-state index contributed by atoms with van der Waals surface area (Å²) in [4.78, 5) is 3.56. The fraction of sp³-hybridized carbons (Fsp3) is 0.375. The maximum Gasteiger partial charge on any atom is 0.573 e. The molecule has 1 aromatic heterocycles. The Kier molecular flexibility index (Phi) is 4.30. The minimum atomic E-state index is -4.94. The van der Waals surface area contributed by atoms with Crippen LogP contribution in [0.5, 0.6) is 5.75 Å². The van der Waals surface area contributed by atoms with E-state index in [4.69, 9.17) is 5.11 Å². The lowest BCUT2D eigenvalue weighted by Gasteiger charge is -2.14. The molecule has 16 heavy (non-hydrogen) atoms. The molecule has 0 unspecified atom stereocenters. The summed E-state index contributed by atoms with van der Waals surface area (Å²) in [6.07, 6.45) is -4.94. The highest BCUT2D eigenvalue weighted by Crippen LogP contribution is 2.30. The van der Waals surface area contributed by atoms with Crippen molar-refractivity contribution in [3.05, 3.63) is 21.0 Å². The highest BCUT2D eigenvalue weighted by molar-refractivity contribution is 14.1. The predicted octanol–water partition coefficient (Wildman–Crippen LogP) is 2.55. The first-order chi connectivity index (χ1) is 7.37. The van der Waals surface area contributed by atoms with Gasteiger partial charge in [-0.1, -0.05) is 0 Å². The quantitative estimate of drug-likeness (QED) is 0.517. The normalized spacial score (nSPS) is 11.6. The molecule has 3 nitrogen and oxygen atoms in total. The average molecular weight is 351 g/mol. The number of aliphatic hydroxyl groups excluding tert-OH is 1. The van der Waals surface area contributed by atoms with Gasteiger partial charge in [-0.15, -0.1) is 13.2 Å². The van der Waals surface area contributed by atoms with Crippen LogP contribution in [0.4, 0.5) is 17.6 Å². The van der Waals surface area contributed by atoms with E-state index in [0.29, 0.717) is 0 Å². The van der Waals surface area contributed by atoms with Crippen LogP contribution in [0.2, 0.25) is 0 Å². The van der Waals surface area contributed by atoms with Crippen molar-refractivity contribution < 1.29 is 27.4 Å². The van der Waals surface area contributed by atoms with Crippen molar-refractivity contribution in [1.29, 1.82) is 0 Å². The van der Waals surface area contributed by atoms with Gasteiger partial charge in [0.05, 0.1) is 6.61 Å². The smallest absolute Gasteiger partial charge is 0.403 e. The Bertz CT molecular complexity index is 358. The number of ether oxygens (including phenoxy) is 1. The van der Waals surface area contributed by atoms with Gasteiger partial charge in [-0.05, 0) is 28.7 Å². The van der Waals surface area contributed by atoms with Gasteiger partial charge in [-0.2, -0.15) is 0 Å². The van der Waals surface area contributed by atoms with E-state index < -0.39 is 31.1 Å². The maximum absolute atomic E-state index is 12.5. The molecule has 0 aromatic carbocycles. The number of hydrogen-bond donors (Lipinski definition) is 1. The van der Waals surface area contributed by atoms with E-state index in [1.165, 1.54) is 6.07 Å². The van der Waals surface area contributed by atoms with Gasteiger partial charge < -0.3 is 9.84 Å². The fourth-order valence-corrected chi connectivity index (χ4v) is 1.72. The van der Waals surface area contributed by atoms with Crippen molar-refractivity contribution in [2.75, 3.05) is 0 Å². The van der Waals surface area contributed by atoms with Crippen molar-refractivity contribution in [2.24, 2.45) is 0 Å². The van der Waals surface area contributed by atoms with E-state index in [1.54, 1.807) is 22.6 Å². The van der Waals surface area contributed by atoms with Crippen LogP contribution >= 0.6 is 22.6 Å². The molecule has 0 aliphatic rings. The Morgan fingerprint density at radius 2 is 2.06 bits per heavy atom. The summed E-state index contributed by atoms with van der Waals surface area (Å²) < 4.78 is 52.4. The summed E-state index contributed by atoms with van der Waals surface area (Å²) in [5, 5.41) is 8.86. The minimum Gasteiger partial charge on any atom is -0.403 e. The lowest BCUT2D eigenvalue weighted by Crippen LogP contribution is -2.20. The zero-order chi connectivity index (χ0) is 12.3. The maximum atomic E-state index is 12.5. The molecule has 0 spiro atoms. The number of nitrogens with zero attached hydrogens (tertiary/aromatic N) is 1. The molecule has 0 bridgehead atoms. The summed E-state index contributed by atoms with van der Waals surface area (Å²) in [5.74, 6) is -0.766. The van der Waals surface area contributed by atoms with Crippen LogP contribution in [0.3, 0.4) is 0 Å². The molecule has 0 aliphatic heterocycles. The van der Waals surface area contributed by atoms with Gasteiger partial charge in [0.2, 0.25) is 0 Å². The van der Waals surface area contributed by atoms with Crippen LogP contribution in [0.15, 0.2) is 6.07 Å². The molecule has 8 heteroatoms. The molecule has 90 valence electrons. The van der Waals surface area contributed by atoms with Gasteiger partial charge in [-0.3, -0.25) is 0 Å². The number of pyridine rings is 1. The van der Waals surface area contributed by atoms with E-state index in [-0.39, 0.29) is 9.26 Å². The zero-order valence-corrected chi connectivity index (χ0v) is 9.84. The molecule has 0 fully saturated rings. The summed E-state index contributed by atoms with van der Waals surface area (Å²) in [6.45, 7) is -1.88. The second kappa shape index (κ2) is 5.13. The van der Waals surface area contributed by atoms with Crippen molar-refractivity contribution in [3.8, 4) is 5.75 Å². The number of rotatable bonds is 3. The van der Waals surface area contributed by atoms with Gasteiger partial charge in [0.25, 0.3) is 0 Å². The van der Waals surface area contributed by atoms with Gasteiger partial charge in [0.15, 0.2) is 5.75 Å². The Morgan fingerprint density at radius 3 is 2.50 bits per heavy atom. The van der Waals surface area contributed by atoms with E-state index in [9.17, 15) is 17.6 Å². The topological polar surface area (TPSA) is 42.4 Å². The molecular weight excluding hydrogens is 345 g/mol. The van der Waals surface area contributed by atoms with Crippen LogP contribution in [0.1, 0.15) is 11.3 Å². The fourth-order valence-electron chi connectivity index (χ4n) is 1.05. The van der Waals surface area contributed by atoms with E-state index in [0.717, 1.165) is 0 Å². The molecule has 1 heterocycles. The van der Waals surface area contributed by atoms with Crippen LogP contribution in [0.25, 0.3) is 0 Å². The highest BCUT2D eigenvalue weighted by atomic mass is 127. The van der Waals surface area contributed by atoms with E-state index in [2.05, 4.69) is 9.72 Å². The second-order valence-corrected chi connectivity index (χ2v) is 3.82. The standard InChI is InChI=1S/C8H6F4INO2/c9-2-5-7(16-8(10,11)12)4(3-15)1-6(13)14-5/h1,15H,2-3H2. The highest BCUT2D eigenvalue weighted by Gasteiger charge is 2.33. The van der Waals surface area contributed by atoms with Crippen LogP contribution < -0.4 is 4.74 Å². The van der Waals surface area contributed by atoms with Crippen molar-refractivity contribution in [2.45, 2.75) is 19.6 Å². The molecule has 0 saturated carbocycles. The molecular formula is C8H6F4INO2. The van der Waals surface area contributed by atoms with E-state index in [1.807, 2.05) is 0 Å². The lowest BCUT2D eigenvalue weighted by molar-refractivity contribution is -0.275. The second-order valence-electron chi connectivity index (χ2n) is 2.72. The average Bonchev–Trinajstić information content (AvgIpc) is 2.18. The Balaban J connectivity index is 3.22. The first-order valence-electron chi connectivity index (χ1n) is 3.98. The van der Waals surface area contributed by atoms with Crippen LogP contribution in [-0.4, -0.2) is 16.5 Å². The van der Waals surface area contributed by atoms with Gasteiger partial charge >= 0.3 is 6.36 Å². The number of halogens is 5. The van der Waals surface area contributed by atoms with Crippen LogP contribution in [0, 0.1) is 3.70 Å².